The van der Waals surface area contributed by atoms with Gasteiger partial charge in [0.1, 0.15) is 0 Å². The third kappa shape index (κ3) is 2.99. The van der Waals surface area contributed by atoms with Crippen molar-refractivity contribution in [2.24, 2.45) is 5.73 Å². The molecule has 17 heavy (non-hydrogen) atoms. The Morgan fingerprint density at radius 1 is 1.47 bits per heavy atom. The van der Waals surface area contributed by atoms with Gasteiger partial charge in [-0.2, -0.15) is 0 Å². The molecule has 1 aliphatic rings. The maximum absolute atomic E-state index is 5.60. The van der Waals surface area contributed by atoms with Crippen LogP contribution in [0.25, 0.3) is 0 Å². The van der Waals surface area contributed by atoms with Gasteiger partial charge < -0.3 is 15.4 Å². The SMILES string of the molecule is Cc1cc(N2CCOC(C)C2)ccc1CCN. The van der Waals surface area contributed by atoms with Crippen LogP contribution in [0, 0.1) is 6.92 Å². The zero-order chi connectivity index (χ0) is 12.3. The molecule has 1 aliphatic heterocycles. The summed E-state index contributed by atoms with van der Waals surface area (Å²) in [5, 5.41) is 0. The predicted octanol–water partition coefficient (Wildman–Crippen LogP) is 1.72. The molecule has 1 heterocycles. The standard InChI is InChI=1S/C14H22N2O/c1-11-9-14(4-3-13(11)5-6-15)16-7-8-17-12(2)10-16/h3-4,9,12H,5-8,10,15H2,1-2H3. The molecule has 94 valence electrons. The van der Waals surface area contributed by atoms with E-state index in [1.54, 1.807) is 0 Å². The quantitative estimate of drug-likeness (QED) is 0.865. The van der Waals surface area contributed by atoms with Gasteiger partial charge in [-0.1, -0.05) is 6.07 Å². The molecule has 2 rings (SSSR count). The van der Waals surface area contributed by atoms with E-state index in [9.17, 15) is 0 Å². The number of morpholine rings is 1. The Bertz CT molecular complexity index is 378. The van der Waals surface area contributed by atoms with Gasteiger partial charge >= 0.3 is 0 Å². The monoisotopic (exact) mass is 234 g/mol. The summed E-state index contributed by atoms with van der Waals surface area (Å²) >= 11 is 0. The Morgan fingerprint density at radius 2 is 2.29 bits per heavy atom. The number of nitrogens with zero attached hydrogens (tertiary/aromatic N) is 1. The van der Waals surface area contributed by atoms with Gasteiger partial charge in [-0.15, -0.1) is 0 Å². The number of nitrogens with two attached hydrogens (primary N) is 1. The first kappa shape index (κ1) is 12.4. The lowest BCUT2D eigenvalue weighted by Crippen LogP contribution is -2.41. The number of hydrogen-bond acceptors (Lipinski definition) is 3. The van der Waals surface area contributed by atoms with Crippen LogP contribution in [0.5, 0.6) is 0 Å². The van der Waals surface area contributed by atoms with Crippen molar-refractivity contribution in [1.82, 2.24) is 0 Å². The minimum atomic E-state index is 0.327. The van der Waals surface area contributed by atoms with E-state index < -0.39 is 0 Å². The summed E-state index contributed by atoms with van der Waals surface area (Å²) in [6, 6.07) is 6.68. The summed E-state index contributed by atoms with van der Waals surface area (Å²) in [7, 11) is 0. The fraction of sp³-hybridized carbons (Fsp3) is 0.571. The molecule has 1 fully saturated rings. The van der Waals surface area contributed by atoms with Crippen LogP contribution in [0.3, 0.4) is 0 Å². The second kappa shape index (κ2) is 5.52. The average Bonchev–Trinajstić information content (AvgIpc) is 2.32. The highest BCUT2D eigenvalue weighted by Crippen LogP contribution is 2.21. The van der Waals surface area contributed by atoms with Gasteiger partial charge in [0.05, 0.1) is 12.7 Å². The second-order valence-electron chi connectivity index (χ2n) is 4.78. The fourth-order valence-electron chi connectivity index (χ4n) is 2.37. The van der Waals surface area contributed by atoms with Gasteiger partial charge in [0.15, 0.2) is 0 Å². The Labute approximate surface area is 104 Å². The van der Waals surface area contributed by atoms with Crippen LogP contribution in [-0.4, -0.2) is 32.3 Å². The molecule has 3 heteroatoms. The third-order valence-electron chi connectivity index (χ3n) is 3.35. The van der Waals surface area contributed by atoms with E-state index in [4.69, 9.17) is 10.5 Å². The molecule has 0 saturated carbocycles. The lowest BCUT2D eigenvalue weighted by molar-refractivity contribution is 0.0532. The van der Waals surface area contributed by atoms with Crippen molar-refractivity contribution < 1.29 is 4.74 Å². The number of hydrogen-bond donors (Lipinski definition) is 1. The van der Waals surface area contributed by atoms with Crippen molar-refractivity contribution in [2.75, 3.05) is 31.1 Å². The van der Waals surface area contributed by atoms with Gasteiger partial charge in [-0.3, -0.25) is 0 Å². The molecule has 0 bridgehead atoms. The van der Waals surface area contributed by atoms with Crippen LogP contribution in [0.1, 0.15) is 18.1 Å². The maximum atomic E-state index is 5.60. The first-order chi connectivity index (χ1) is 8.20. The van der Waals surface area contributed by atoms with E-state index in [1.807, 2.05) is 0 Å². The molecule has 2 N–H and O–H groups in total. The molecule has 0 spiro atoms. The summed E-state index contributed by atoms with van der Waals surface area (Å²) in [6.45, 7) is 7.80. The Morgan fingerprint density at radius 3 is 2.94 bits per heavy atom. The van der Waals surface area contributed by atoms with E-state index in [0.717, 1.165) is 32.7 Å². The van der Waals surface area contributed by atoms with Crippen molar-refractivity contribution in [2.45, 2.75) is 26.4 Å². The molecule has 1 aromatic carbocycles. The first-order valence-corrected chi connectivity index (χ1v) is 6.37. The molecule has 1 unspecified atom stereocenters. The zero-order valence-electron chi connectivity index (χ0n) is 10.8. The summed E-state index contributed by atoms with van der Waals surface area (Å²) in [5.41, 5.74) is 9.60. The highest BCUT2D eigenvalue weighted by molar-refractivity contribution is 5.51. The van der Waals surface area contributed by atoms with Crippen molar-refractivity contribution in [3.63, 3.8) is 0 Å². The first-order valence-electron chi connectivity index (χ1n) is 6.37. The number of rotatable bonds is 3. The van der Waals surface area contributed by atoms with Crippen molar-refractivity contribution >= 4 is 5.69 Å². The topological polar surface area (TPSA) is 38.5 Å². The van der Waals surface area contributed by atoms with Crippen molar-refractivity contribution in [3.05, 3.63) is 29.3 Å². The fourth-order valence-corrected chi connectivity index (χ4v) is 2.37. The lowest BCUT2D eigenvalue weighted by Gasteiger charge is -2.33. The Hall–Kier alpha value is -1.06. The van der Waals surface area contributed by atoms with E-state index in [1.165, 1.54) is 16.8 Å². The summed E-state index contributed by atoms with van der Waals surface area (Å²) in [5.74, 6) is 0. The van der Waals surface area contributed by atoms with Crippen LogP contribution in [-0.2, 0) is 11.2 Å². The van der Waals surface area contributed by atoms with Gasteiger partial charge in [-0.25, -0.2) is 0 Å². The summed E-state index contributed by atoms with van der Waals surface area (Å²) in [6.07, 6.45) is 1.29. The van der Waals surface area contributed by atoms with Gasteiger partial charge in [0.2, 0.25) is 0 Å². The summed E-state index contributed by atoms with van der Waals surface area (Å²) < 4.78 is 5.56. The molecule has 1 atom stereocenters. The third-order valence-corrected chi connectivity index (χ3v) is 3.35. The molecule has 0 radical (unpaired) electrons. The molecule has 3 nitrogen and oxygen atoms in total. The van der Waals surface area contributed by atoms with Crippen LogP contribution in [0.4, 0.5) is 5.69 Å². The minimum Gasteiger partial charge on any atom is -0.375 e. The normalized spacial score (nSPS) is 20.6. The number of aryl methyl sites for hydroxylation is 1. The molecular weight excluding hydrogens is 212 g/mol. The molecule has 1 aromatic rings. The predicted molar refractivity (Wildman–Crippen MR) is 71.6 cm³/mol. The smallest absolute Gasteiger partial charge is 0.0722 e. The highest BCUT2D eigenvalue weighted by Gasteiger charge is 2.17. The van der Waals surface area contributed by atoms with E-state index in [-0.39, 0.29) is 0 Å². The van der Waals surface area contributed by atoms with Crippen LogP contribution in [0.15, 0.2) is 18.2 Å². The largest absolute Gasteiger partial charge is 0.375 e. The van der Waals surface area contributed by atoms with Crippen LogP contribution in [0.2, 0.25) is 0 Å². The molecule has 1 saturated heterocycles. The lowest BCUT2D eigenvalue weighted by atomic mass is 10.0. The minimum absolute atomic E-state index is 0.327. The molecule has 0 aromatic heterocycles. The molecule has 0 aliphatic carbocycles. The van der Waals surface area contributed by atoms with E-state index in [2.05, 4.69) is 36.9 Å². The maximum Gasteiger partial charge on any atom is 0.0722 e. The second-order valence-corrected chi connectivity index (χ2v) is 4.78. The highest BCUT2D eigenvalue weighted by atomic mass is 16.5. The average molecular weight is 234 g/mol. The van der Waals surface area contributed by atoms with Crippen LogP contribution < -0.4 is 10.6 Å². The Balaban J connectivity index is 2.13. The number of anilines is 1. The van der Waals surface area contributed by atoms with Gasteiger partial charge in [0, 0.05) is 18.8 Å². The van der Waals surface area contributed by atoms with E-state index >= 15 is 0 Å². The van der Waals surface area contributed by atoms with Crippen LogP contribution >= 0.6 is 0 Å². The van der Waals surface area contributed by atoms with Gasteiger partial charge in [0.25, 0.3) is 0 Å². The zero-order valence-corrected chi connectivity index (χ0v) is 10.8. The number of ether oxygens (including phenoxy) is 1. The Kier molecular flexibility index (Phi) is 4.02. The molecule has 0 amide bonds. The number of benzene rings is 1. The van der Waals surface area contributed by atoms with E-state index in [0.29, 0.717) is 6.10 Å². The van der Waals surface area contributed by atoms with Crippen molar-refractivity contribution in [1.29, 1.82) is 0 Å². The molecular formula is C14H22N2O. The summed E-state index contributed by atoms with van der Waals surface area (Å²) in [4.78, 5) is 2.40. The van der Waals surface area contributed by atoms with Crippen molar-refractivity contribution in [3.8, 4) is 0 Å². The van der Waals surface area contributed by atoms with Gasteiger partial charge in [-0.05, 0) is 50.1 Å².